The van der Waals surface area contributed by atoms with Crippen LogP contribution in [0.25, 0.3) is 0 Å². The third-order valence-electron chi connectivity index (χ3n) is 3.32. The Bertz CT molecular complexity index is 295. The molecule has 5 unspecified atom stereocenters. The maximum atomic E-state index is 11.4. The third-order valence-corrected chi connectivity index (χ3v) is 5.46. The van der Waals surface area contributed by atoms with Crippen molar-refractivity contribution in [3.8, 4) is 0 Å². The summed E-state index contributed by atoms with van der Waals surface area (Å²) < 4.78 is 44.0. The summed E-state index contributed by atoms with van der Waals surface area (Å²) in [5, 5.41) is -0.506. The van der Waals surface area contributed by atoms with Crippen molar-refractivity contribution in [2.75, 3.05) is 0 Å². The molecule has 0 aromatic heterocycles. The molecule has 0 N–H and O–H groups in total. The lowest BCUT2D eigenvalue weighted by Gasteiger charge is -2.45. The van der Waals surface area contributed by atoms with Gasteiger partial charge in [0, 0.05) is 10.00 Å². The van der Waals surface area contributed by atoms with Gasteiger partial charge in [0.05, 0.1) is 0 Å². The van der Waals surface area contributed by atoms with Gasteiger partial charge in [0.15, 0.2) is 0 Å². The fourth-order valence-corrected chi connectivity index (χ4v) is 4.95. The van der Waals surface area contributed by atoms with Crippen LogP contribution >= 0.6 is 0 Å². The monoisotopic (exact) mass is 266 g/mol. The van der Waals surface area contributed by atoms with Crippen LogP contribution < -0.4 is 0 Å². The van der Waals surface area contributed by atoms with Gasteiger partial charge in [-0.25, -0.2) is 0 Å². The standard InChI is InChI=1S/C10H20O4S2/c1-3-4-10(16(13)14)6-8(2)5-9(7-10)15(11)12/h8-9H,3-7H2,1-2H3,(H,11,12)(H,13,14)/p-2. The van der Waals surface area contributed by atoms with E-state index >= 15 is 0 Å². The van der Waals surface area contributed by atoms with Crippen molar-refractivity contribution >= 4 is 22.2 Å². The molecule has 1 rings (SSSR count). The van der Waals surface area contributed by atoms with E-state index in [-0.39, 0.29) is 12.3 Å². The molecule has 1 saturated carbocycles. The van der Waals surface area contributed by atoms with Crippen LogP contribution in [0.2, 0.25) is 0 Å². The van der Waals surface area contributed by atoms with E-state index in [1.54, 1.807) is 0 Å². The largest absolute Gasteiger partial charge is 0.772 e. The minimum Gasteiger partial charge on any atom is -0.772 e. The number of rotatable bonds is 4. The first kappa shape index (κ1) is 14.3. The summed E-state index contributed by atoms with van der Waals surface area (Å²) in [6.45, 7) is 3.85. The summed E-state index contributed by atoms with van der Waals surface area (Å²) in [4.78, 5) is 0. The normalized spacial score (nSPS) is 39.2. The van der Waals surface area contributed by atoms with Gasteiger partial charge in [-0.3, -0.25) is 8.42 Å². The summed E-state index contributed by atoms with van der Waals surface area (Å²) in [6, 6.07) is 0. The molecule has 16 heavy (non-hydrogen) atoms. The van der Waals surface area contributed by atoms with Crippen LogP contribution in [0.4, 0.5) is 0 Å². The van der Waals surface area contributed by atoms with E-state index in [0.717, 1.165) is 6.42 Å². The molecule has 0 radical (unpaired) electrons. The van der Waals surface area contributed by atoms with Gasteiger partial charge in [0.2, 0.25) is 0 Å². The smallest absolute Gasteiger partial charge is 0.0341 e. The maximum Gasteiger partial charge on any atom is 0.0341 e. The van der Waals surface area contributed by atoms with Crippen molar-refractivity contribution in [3.05, 3.63) is 0 Å². The average Bonchev–Trinajstić information content (AvgIpc) is 2.16. The molecule has 0 amide bonds. The van der Waals surface area contributed by atoms with E-state index in [9.17, 15) is 17.5 Å². The van der Waals surface area contributed by atoms with Crippen LogP contribution in [0.15, 0.2) is 0 Å². The van der Waals surface area contributed by atoms with Crippen molar-refractivity contribution in [3.63, 3.8) is 0 Å². The van der Waals surface area contributed by atoms with E-state index in [1.807, 2.05) is 13.8 Å². The molecule has 0 bridgehead atoms. The first-order chi connectivity index (χ1) is 7.41. The molecule has 5 atom stereocenters. The zero-order chi connectivity index (χ0) is 12.3. The van der Waals surface area contributed by atoms with Crippen LogP contribution in [0.1, 0.15) is 46.0 Å². The SMILES string of the molecule is CCCC1(S(=O)[O-])CC(C)CC(S(=O)[O-])C1. The minimum absolute atomic E-state index is 0.154. The minimum atomic E-state index is -2.19. The van der Waals surface area contributed by atoms with Gasteiger partial charge in [0.1, 0.15) is 0 Å². The van der Waals surface area contributed by atoms with Crippen molar-refractivity contribution in [1.29, 1.82) is 0 Å². The van der Waals surface area contributed by atoms with E-state index in [0.29, 0.717) is 19.3 Å². The maximum absolute atomic E-state index is 11.4. The van der Waals surface area contributed by atoms with Crippen molar-refractivity contribution in [1.82, 2.24) is 0 Å². The molecule has 6 heteroatoms. The molecule has 0 aromatic carbocycles. The van der Waals surface area contributed by atoms with Crippen molar-refractivity contribution < 1.29 is 17.5 Å². The van der Waals surface area contributed by atoms with E-state index < -0.39 is 32.2 Å². The van der Waals surface area contributed by atoms with E-state index in [4.69, 9.17) is 0 Å². The lowest BCUT2D eigenvalue weighted by molar-refractivity contribution is 0.278. The summed E-state index contributed by atoms with van der Waals surface area (Å²) in [7, 11) is 0. The molecule has 0 aromatic rings. The van der Waals surface area contributed by atoms with Gasteiger partial charge in [-0.1, -0.05) is 31.3 Å². The van der Waals surface area contributed by atoms with E-state index in [2.05, 4.69) is 0 Å². The molecule has 96 valence electrons. The van der Waals surface area contributed by atoms with Gasteiger partial charge in [-0.05, 0) is 42.7 Å². The van der Waals surface area contributed by atoms with Gasteiger partial charge < -0.3 is 9.11 Å². The molecule has 0 spiro atoms. The molecule has 1 fully saturated rings. The van der Waals surface area contributed by atoms with Crippen LogP contribution in [-0.2, 0) is 22.2 Å². The third kappa shape index (κ3) is 3.12. The topological polar surface area (TPSA) is 80.3 Å². The van der Waals surface area contributed by atoms with Crippen molar-refractivity contribution in [2.45, 2.75) is 55.9 Å². The summed E-state index contributed by atoms with van der Waals surface area (Å²) in [6.07, 6.45) is 2.75. The molecule has 1 aliphatic rings. The molecule has 0 heterocycles. The van der Waals surface area contributed by atoms with Crippen LogP contribution in [0, 0.1) is 5.92 Å². The zero-order valence-corrected chi connectivity index (χ0v) is 11.3. The van der Waals surface area contributed by atoms with Gasteiger partial charge in [0.25, 0.3) is 0 Å². The van der Waals surface area contributed by atoms with Gasteiger partial charge >= 0.3 is 0 Å². The molecular formula is C10H18O4S2-2. The second kappa shape index (κ2) is 5.71. The quantitative estimate of drug-likeness (QED) is 0.722. The summed E-state index contributed by atoms with van der Waals surface area (Å²) >= 11 is -4.35. The van der Waals surface area contributed by atoms with Crippen molar-refractivity contribution in [2.24, 2.45) is 5.92 Å². The molecule has 1 aliphatic carbocycles. The number of hydrogen-bond acceptors (Lipinski definition) is 4. The van der Waals surface area contributed by atoms with Gasteiger partial charge in [-0.2, -0.15) is 0 Å². The number of hydrogen-bond donors (Lipinski definition) is 0. The molecular weight excluding hydrogens is 248 g/mol. The fraction of sp³-hybridized carbons (Fsp3) is 1.00. The summed E-state index contributed by atoms with van der Waals surface area (Å²) in [5.74, 6) is 0.154. The highest BCUT2D eigenvalue weighted by Gasteiger charge is 2.40. The highest BCUT2D eigenvalue weighted by atomic mass is 32.2. The Morgan fingerprint density at radius 1 is 1.31 bits per heavy atom. The lowest BCUT2D eigenvalue weighted by Crippen LogP contribution is -2.45. The first-order valence-corrected chi connectivity index (χ1v) is 7.80. The first-order valence-electron chi connectivity index (χ1n) is 5.58. The van der Waals surface area contributed by atoms with Crippen LogP contribution in [-0.4, -0.2) is 27.5 Å². The summed E-state index contributed by atoms with van der Waals surface area (Å²) in [5.41, 5.74) is 0. The average molecular weight is 266 g/mol. The second-order valence-electron chi connectivity index (χ2n) is 4.80. The Labute approximate surface area is 102 Å². The van der Waals surface area contributed by atoms with Crippen LogP contribution in [0.3, 0.4) is 0 Å². The van der Waals surface area contributed by atoms with Gasteiger partial charge in [-0.15, -0.1) is 0 Å². The Kier molecular flexibility index (Phi) is 5.10. The predicted octanol–water partition coefficient (Wildman–Crippen LogP) is 1.47. The fourth-order valence-electron chi connectivity index (χ4n) is 2.77. The Balaban J connectivity index is 2.91. The second-order valence-corrected chi connectivity index (χ2v) is 7.32. The molecule has 0 aliphatic heterocycles. The van der Waals surface area contributed by atoms with Crippen LogP contribution in [0.5, 0.6) is 0 Å². The Hall–Kier alpha value is 0.220. The van der Waals surface area contributed by atoms with E-state index in [1.165, 1.54) is 0 Å². The molecule has 4 nitrogen and oxygen atoms in total. The Morgan fingerprint density at radius 3 is 2.38 bits per heavy atom. The zero-order valence-electron chi connectivity index (χ0n) is 9.64. The lowest BCUT2D eigenvalue weighted by atomic mass is 9.79. The Morgan fingerprint density at radius 2 is 1.94 bits per heavy atom. The predicted molar refractivity (Wildman–Crippen MR) is 62.3 cm³/mol. The highest BCUT2D eigenvalue weighted by molar-refractivity contribution is 7.81. The molecule has 0 saturated heterocycles. The highest BCUT2D eigenvalue weighted by Crippen LogP contribution is 2.41.